The predicted octanol–water partition coefficient (Wildman–Crippen LogP) is -0.0434. The van der Waals surface area contributed by atoms with Crippen LogP contribution < -0.4 is 0 Å². The highest BCUT2D eigenvalue weighted by Crippen LogP contribution is 2.28. The Bertz CT molecular complexity index is 607. The Kier molecular flexibility index (Phi) is 2.52. The number of hydrogen-bond donors (Lipinski definition) is 1. The third-order valence-electron chi connectivity index (χ3n) is 2.66. The van der Waals surface area contributed by atoms with E-state index in [4.69, 9.17) is 5.11 Å². The van der Waals surface area contributed by atoms with E-state index in [0.717, 1.165) is 7.05 Å². The summed E-state index contributed by atoms with van der Waals surface area (Å²) in [4.78, 5) is 22.7. The lowest BCUT2D eigenvalue weighted by Gasteiger charge is -2.29. The van der Waals surface area contributed by atoms with Crippen molar-refractivity contribution >= 4 is 21.8 Å². The summed E-state index contributed by atoms with van der Waals surface area (Å²) in [5.41, 5.74) is -0.0713. The first-order chi connectivity index (χ1) is 7.87. The Morgan fingerprint density at radius 2 is 1.94 bits per heavy atom. The van der Waals surface area contributed by atoms with Crippen LogP contribution in [-0.2, 0) is 14.8 Å². The Morgan fingerprint density at radius 3 is 2.53 bits per heavy atom. The average molecular weight is 255 g/mol. The molecule has 0 bridgehead atoms. The first-order valence-corrected chi connectivity index (χ1v) is 6.15. The molecule has 7 heteroatoms. The van der Waals surface area contributed by atoms with E-state index in [1.807, 2.05) is 0 Å². The second-order valence-electron chi connectivity index (χ2n) is 3.62. The van der Waals surface area contributed by atoms with Crippen molar-refractivity contribution in [1.29, 1.82) is 0 Å². The number of carbonyl (C=O) groups is 2. The van der Waals surface area contributed by atoms with E-state index in [0.29, 0.717) is 4.31 Å². The third kappa shape index (κ3) is 1.55. The molecule has 90 valence electrons. The van der Waals surface area contributed by atoms with Gasteiger partial charge in [-0.15, -0.1) is 0 Å². The monoisotopic (exact) mass is 255 g/mol. The van der Waals surface area contributed by atoms with Gasteiger partial charge in [0.2, 0.25) is 10.0 Å². The molecule has 1 N–H and O–H groups in total. The standard InChI is InChI=1S/C10H9NO5S/c1-11-8(10(13)14)9(12)6-4-2-3-5-7(6)17(11,15)16/h2-5,8H,1H3,(H,13,14). The first-order valence-electron chi connectivity index (χ1n) is 4.71. The predicted molar refractivity (Wildman–Crippen MR) is 57.1 cm³/mol. The lowest BCUT2D eigenvalue weighted by atomic mass is 10.0. The van der Waals surface area contributed by atoms with Gasteiger partial charge in [0.15, 0.2) is 11.8 Å². The number of benzene rings is 1. The Balaban J connectivity index is 2.75. The van der Waals surface area contributed by atoms with E-state index in [1.54, 1.807) is 0 Å². The lowest BCUT2D eigenvalue weighted by molar-refractivity contribution is -0.139. The van der Waals surface area contributed by atoms with Gasteiger partial charge in [-0.1, -0.05) is 12.1 Å². The lowest BCUT2D eigenvalue weighted by Crippen LogP contribution is -2.51. The highest BCUT2D eigenvalue weighted by atomic mass is 32.2. The number of fused-ring (bicyclic) bond motifs is 1. The van der Waals surface area contributed by atoms with Crippen molar-refractivity contribution in [2.24, 2.45) is 0 Å². The summed E-state index contributed by atoms with van der Waals surface area (Å²) < 4.78 is 24.5. The first kappa shape index (κ1) is 11.7. The summed E-state index contributed by atoms with van der Waals surface area (Å²) in [6, 6.07) is 3.90. The number of sulfonamides is 1. The summed E-state index contributed by atoms with van der Waals surface area (Å²) in [7, 11) is -2.83. The maximum Gasteiger partial charge on any atom is 0.330 e. The van der Waals surface area contributed by atoms with E-state index in [2.05, 4.69) is 0 Å². The van der Waals surface area contributed by atoms with Crippen LogP contribution in [0.4, 0.5) is 0 Å². The van der Waals surface area contributed by atoms with E-state index < -0.39 is 27.8 Å². The fourth-order valence-corrected chi connectivity index (χ4v) is 3.24. The zero-order valence-electron chi connectivity index (χ0n) is 8.82. The minimum atomic E-state index is -3.92. The third-order valence-corrected chi connectivity index (χ3v) is 4.54. The summed E-state index contributed by atoms with van der Waals surface area (Å²) in [5.74, 6) is -2.19. The van der Waals surface area contributed by atoms with Crippen LogP contribution in [0.5, 0.6) is 0 Å². The molecule has 0 saturated heterocycles. The fourth-order valence-electron chi connectivity index (χ4n) is 1.77. The van der Waals surface area contributed by atoms with Gasteiger partial charge in [-0.05, 0) is 12.1 Å². The quantitative estimate of drug-likeness (QED) is 0.711. The van der Waals surface area contributed by atoms with Crippen molar-refractivity contribution in [1.82, 2.24) is 4.31 Å². The number of Topliss-reactive ketones (excluding diaryl/α,β-unsaturated/α-hetero) is 1. The second-order valence-corrected chi connectivity index (χ2v) is 5.59. The molecule has 1 unspecified atom stereocenters. The van der Waals surface area contributed by atoms with Crippen LogP contribution in [0.1, 0.15) is 10.4 Å². The number of hydrogen-bond acceptors (Lipinski definition) is 4. The van der Waals surface area contributed by atoms with Crippen LogP contribution in [0.15, 0.2) is 29.2 Å². The van der Waals surface area contributed by atoms with Gasteiger partial charge >= 0.3 is 5.97 Å². The minimum Gasteiger partial charge on any atom is -0.480 e. The van der Waals surface area contributed by atoms with Crippen molar-refractivity contribution < 1.29 is 23.1 Å². The highest BCUT2D eigenvalue weighted by molar-refractivity contribution is 7.89. The topological polar surface area (TPSA) is 91.8 Å². The molecule has 0 radical (unpaired) electrons. The van der Waals surface area contributed by atoms with Crippen molar-refractivity contribution in [3.05, 3.63) is 29.8 Å². The van der Waals surface area contributed by atoms with E-state index in [-0.39, 0.29) is 10.5 Å². The van der Waals surface area contributed by atoms with Crippen LogP contribution in [0.3, 0.4) is 0 Å². The van der Waals surface area contributed by atoms with Crippen LogP contribution in [0.2, 0.25) is 0 Å². The van der Waals surface area contributed by atoms with Gasteiger partial charge in [-0.3, -0.25) is 4.79 Å². The largest absolute Gasteiger partial charge is 0.480 e. The molecule has 0 spiro atoms. The highest BCUT2D eigenvalue weighted by Gasteiger charge is 2.45. The number of nitrogens with zero attached hydrogens (tertiary/aromatic N) is 1. The molecule has 1 atom stereocenters. The summed E-state index contributed by atoms with van der Waals surface area (Å²) in [6.45, 7) is 0. The number of rotatable bonds is 1. The number of carboxylic acids is 1. The zero-order chi connectivity index (χ0) is 12.8. The van der Waals surface area contributed by atoms with E-state index in [9.17, 15) is 18.0 Å². The van der Waals surface area contributed by atoms with Crippen LogP contribution in [0.25, 0.3) is 0 Å². The molecule has 1 aromatic rings. The zero-order valence-corrected chi connectivity index (χ0v) is 9.64. The Labute approximate surface area is 97.5 Å². The maximum absolute atomic E-state index is 12.0. The molecule has 6 nitrogen and oxygen atoms in total. The molecule has 1 heterocycles. The van der Waals surface area contributed by atoms with Crippen LogP contribution in [-0.4, -0.2) is 42.7 Å². The Morgan fingerprint density at radius 1 is 1.35 bits per heavy atom. The molecule has 1 aromatic carbocycles. The number of aliphatic carboxylic acids is 1. The smallest absolute Gasteiger partial charge is 0.330 e. The number of carbonyl (C=O) groups excluding carboxylic acids is 1. The molecule has 0 aromatic heterocycles. The van der Waals surface area contributed by atoms with Gasteiger partial charge in [0.05, 0.1) is 4.90 Å². The number of likely N-dealkylation sites (N-methyl/N-ethyl adjacent to an activating group) is 1. The van der Waals surface area contributed by atoms with Gasteiger partial charge in [-0.2, -0.15) is 4.31 Å². The van der Waals surface area contributed by atoms with Gasteiger partial charge in [0, 0.05) is 12.6 Å². The molecule has 1 aliphatic heterocycles. The normalized spacial score (nSPS) is 23.1. The SMILES string of the molecule is CN1C(C(=O)O)C(=O)c2ccccc2S1(=O)=O. The van der Waals surface area contributed by atoms with Crippen LogP contribution >= 0.6 is 0 Å². The van der Waals surface area contributed by atoms with E-state index >= 15 is 0 Å². The molecule has 17 heavy (non-hydrogen) atoms. The minimum absolute atomic E-state index is 0.0713. The van der Waals surface area contributed by atoms with Gasteiger partial charge in [-0.25, -0.2) is 13.2 Å². The second kappa shape index (κ2) is 3.64. The summed E-state index contributed by atoms with van der Waals surface area (Å²) >= 11 is 0. The molecule has 0 saturated carbocycles. The average Bonchev–Trinajstić information content (AvgIpc) is 2.27. The molecular weight excluding hydrogens is 246 g/mol. The van der Waals surface area contributed by atoms with Crippen molar-refractivity contribution in [2.45, 2.75) is 10.9 Å². The molecule has 1 aliphatic rings. The fraction of sp³-hybridized carbons (Fsp3) is 0.200. The van der Waals surface area contributed by atoms with Gasteiger partial charge < -0.3 is 5.11 Å². The van der Waals surface area contributed by atoms with Crippen LogP contribution in [0, 0.1) is 0 Å². The Hall–Kier alpha value is -1.73. The van der Waals surface area contributed by atoms with Gasteiger partial charge in [0.25, 0.3) is 0 Å². The summed E-state index contributed by atoms with van der Waals surface area (Å²) in [5, 5.41) is 8.91. The number of ketones is 1. The van der Waals surface area contributed by atoms with Crippen molar-refractivity contribution in [3.63, 3.8) is 0 Å². The molecule has 0 aliphatic carbocycles. The number of carboxylic acid groups (broad SMARTS) is 1. The molecule has 0 fully saturated rings. The van der Waals surface area contributed by atoms with Gasteiger partial charge in [0.1, 0.15) is 0 Å². The molecule has 0 amide bonds. The molecular formula is C10H9NO5S. The maximum atomic E-state index is 12.0. The molecule has 2 rings (SSSR count). The van der Waals surface area contributed by atoms with E-state index in [1.165, 1.54) is 24.3 Å². The van der Waals surface area contributed by atoms with Crippen molar-refractivity contribution in [2.75, 3.05) is 7.05 Å². The summed E-state index contributed by atoms with van der Waals surface area (Å²) in [6.07, 6.45) is 0. The van der Waals surface area contributed by atoms with Crippen molar-refractivity contribution in [3.8, 4) is 0 Å².